The van der Waals surface area contributed by atoms with Crippen LogP contribution in [0.3, 0.4) is 0 Å². The molecule has 8 rings (SSSR count). The number of aromatic nitrogens is 1. The molecule has 1 aliphatic rings. The summed E-state index contributed by atoms with van der Waals surface area (Å²) in [5, 5.41) is 16.1. The van der Waals surface area contributed by atoms with Gasteiger partial charge in [0.15, 0.2) is 12.1 Å². The Kier molecular flexibility index (Phi) is 12.2. The van der Waals surface area contributed by atoms with Gasteiger partial charge in [-0.1, -0.05) is 169 Å². The lowest BCUT2D eigenvalue weighted by Crippen LogP contribution is -2.34. The third kappa shape index (κ3) is 9.71. The second kappa shape index (κ2) is 18.3. The van der Waals surface area contributed by atoms with Gasteiger partial charge in [0.1, 0.15) is 5.69 Å². The first-order valence-corrected chi connectivity index (χ1v) is 20.1. The third-order valence-corrected chi connectivity index (χ3v) is 10.9. The Morgan fingerprint density at radius 1 is 0.632 bits per heavy atom. The molecule has 1 aliphatic heterocycles. The lowest BCUT2D eigenvalue weighted by Gasteiger charge is -2.36. The Balaban J connectivity index is 0.965. The molecule has 7 aromatic rings. The van der Waals surface area contributed by atoms with Gasteiger partial charge in [-0.25, -0.2) is 9.78 Å². The molecule has 0 spiro atoms. The van der Waals surface area contributed by atoms with E-state index >= 15 is 0 Å². The number of hydrogen-bond donors (Lipinski definition) is 3. The van der Waals surface area contributed by atoms with Crippen molar-refractivity contribution in [1.82, 2.24) is 15.6 Å². The number of urea groups is 1. The number of thioether (sulfide) groups is 1. The number of ether oxygens (including phenoxy) is 2. The fraction of sp³-hybridized carbons (Fsp3) is 0.167. The van der Waals surface area contributed by atoms with Crippen LogP contribution in [0.15, 0.2) is 173 Å². The van der Waals surface area contributed by atoms with Crippen molar-refractivity contribution < 1.29 is 23.8 Å². The monoisotopic (exact) mass is 773 g/mol. The molecule has 0 radical (unpaired) electrons. The lowest BCUT2D eigenvalue weighted by atomic mass is 9.99. The van der Waals surface area contributed by atoms with Crippen molar-refractivity contribution in [1.29, 1.82) is 0 Å². The summed E-state index contributed by atoms with van der Waals surface area (Å²) in [6.07, 6.45) is -0.351. The van der Waals surface area contributed by atoms with Crippen LogP contribution in [-0.2, 0) is 29.2 Å². The van der Waals surface area contributed by atoms with Gasteiger partial charge < -0.3 is 29.6 Å². The average Bonchev–Trinajstić information content (AvgIpc) is 3.72. The first-order chi connectivity index (χ1) is 28.1. The quantitative estimate of drug-likeness (QED) is 0.100. The van der Waals surface area contributed by atoms with E-state index in [1.165, 1.54) is 11.8 Å². The van der Waals surface area contributed by atoms with E-state index in [4.69, 9.17) is 18.9 Å². The summed E-state index contributed by atoms with van der Waals surface area (Å²) in [5.41, 5.74) is 9.69. The number of nitrogens with one attached hydrogen (secondary N) is 2. The van der Waals surface area contributed by atoms with Crippen LogP contribution in [0, 0.1) is 0 Å². The highest BCUT2D eigenvalue weighted by Gasteiger charge is 2.33. The maximum atomic E-state index is 12.5. The van der Waals surface area contributed by atoms with Crippen LogP contribution < -0.4 is 10.6 Å². The maximum absolute atomic E-state index is 12.5. The molecule has 0 saturated carbocycles. The summed E-state index contributed by atoms with van der Waals surface area (Å²) in [7, 11) is 0. The second-order valence-electron chi connectivity index (χ2n) is 13.9. The molecule has 1 aromatic heterocycles. The summed E-state index contributed by atoms with van der Waals surface area (Å²) >= 11 is 1.54. The van der Waals surface area contributed by atoms with Crippen molar-refractivity contribution in [3.8, 4) is 33.7 Å². The zero-order valence-corrected chi connectivity index (χ0v) is 32.1. The van der Waals surface area contributed by atoms with Crippen molar-refractivity contribution in [2.24, 2.45) is 0 Å². The summed E-state index contributed by atoms with van der Waals surface area (Å²) in [5.74, 6) is 1.35. The number of oxazole rings is 1. The molecule has 3 N–H and O–H groups in total. The number of carbonyl (C=O) groups is 1. The highest BCUT2D eigenvalue weighted by molar-refractivity contribution is 7.99. The molecule has 0 unspecified atom stereocenters. The molecule has 1 fully saturated rings. The van der Waals surface area contributed by atoms with Gasteiger partial charge in [0.05, 0.1) is 18.8 Å². The lowest BCUT2D eigenvalue weighted by molar-refractivity contribution is -0.245. The molecule has 2 amide bonds. The Labute approximate surface area is 336 Å². The van der Waals surface area contributed by atoms with E-state index in [0.717, 1.165) is 61.5 Å². The van der Waals surface area contributed by atoms with Gasteiger partial charge in [-0.2, -0.15) is 0 Å². The number of rotatable bonds is 13. The first kappa shape index (κ1) is 37.9. The van der Waals surface area contributed by atoms with Gasteiger partial charge in [0.2, 0.25) is 0 Å². The number of benzene rings is 6. The first-order valence-electron chi connectivity index (χ1n) is 19.1. The molecule has 3 atom stereocenters. The van der Waals surface area contributed by atoms with Gasteiger partial charge in [-0.3, -0.25) is 0 Å². The van der Waals surface area contributed by atoms with Gasteiger partial charge in [0, 0.05) is 42.0 Å². The molecule has 286 valence electrons. The van der Waals surface area contributed by atoms with Crippen LogP contribution in [0.1, 0.15) is 46.6 Å². The molecule has 0 aliphatic carbocycles. The van der Waals surface area contributed by atoms with Crippen LogP contribution in [0.5, 0.6) is 0 Å². The van der Waals surface area contributed by atoms with Crippen LogP contribution >= 0.6 is 11.8 Å². The molecule has 6 aromatic carbocycles. The third-order valence-electron chi connectivity index (χ3n) is 9.89. The SMILES string of the molecule is O=C(NCc1ccccc1)NCc1cccc(-c2ccc([C@H]3O[C@@H](CSc4nc(-c5ccccc5)c(-c5ccccc5)o4)C[C@@H](c4ccc(CO)cc4)O3)cc2)c1. The second-order valence-corrected chi connectivity index (χ2v) is 14.9. The minimum Gasteiger partial charge on any atom is -0.431 e. The number of nitrogens with zero attached hydrogens (tertiary/aromatic N) is 1. The number of hydrogen-bond acceptors (Lipinski definition) is 7. The molecule has 57 heavy (non-hydrogen) atoms. The van der Waals surface area contributed by atoms with Crippen LogP contribution in [-0.4, -0.2) is 28.0 Å². The summed E-state index contributed by atoms with van der Waals surface area (Å²) < 4.78 is 19.7. The topological polar surface area (TPSA) is 106 Å². The Morgan fingerprint density at radius 2 is 1.25 bits per heavy atom. The van der Waals surface area contributed by atoms with Crippen molar-refractivity contribution in [3.05, 3.63) is 192 Å². The van der Waals surface area contributed by atoms with Crippen LogP contribution in [0.4, 0.5) is 4.79 Å². The molecular weight excluding hydrogens is 731 g/mol. The molecule has 1 saturated heterocycles. The van der Waals surface area contributed by atoms with E-state index in [1.807, 2.05) is 127 Å². The Hall–Kier alpha value is -5.97. The number of aliphatic hydroxyl groups excluding tert-OH is 1. The van der Waals surface area contributed by atoms with Gasteiger partial charge >= 0.3 is 6.03 Å². The number of aliphatic hydroxyl groups is 1. The molecule has 2 heterocycles. The highest BCUT2D eigenvalue weighted by atomic mass is 32.2. The van der Waals surface area contributed by atoms with Crippen LogP contribution in [0.25, 0.3) is 33.7 Å². The van der Waals surface area contributed by atoms with E-state index in [0.29, 0.717) is 30.5 Å². The van der Waals surface area contributed by atoms with Crippen LogP contribution in [0.2, 0.25) is 0 Å². The molecular formula is C48H43N3O5S. The fourth-order valence-electron chi connectivity index (χ4n) is 6.84. The van der Waals surface area contributed by atoms with E-state index in [-0.39, 0.29) is 24.8 Å². The Morgan fingerprint density at radius 3 is 1.95 bits per heavy atom. The zero-order chi connectivity index (χ0) is 38.8. The predicted octanol–water partition coefficient (Wildman–Crippen LogP) is 10.5. The standard InChI is InChI=1S/C48H43N3O5S/c52-31-34-19-21-37(22-20-34)43-28-42(32-57-48-51-44(38-14-6-2-7-15-38)45(56-48)39-16-8-3-9-17-39)54-46(55-43)40-25-23-36(24-26-40)41-18-10-13-35(27-41)30-50-47(53)49-29-33-11-4-1-5-12-33/h1-27,42-43,46,52H,28-32H2,(H2,49,50,53)/t42-,43+,46+/m1/s1. The van der Waals surface area contributed by atoms with Gasteiger partial charge in [-0.15, -0.1) is 0 Å². The normalized spacial score (nSPS) is 16.5. The van der Waals surface area contributed by atoms with Crippen molar-refractivity contribution in [2.45, 2.75) is 49.8 Å². The fourth-order valence-corrected chi connectivity index (χ4v) is 7.68. The summed E-state index contributed by atoms with van der Waals surface area (Å²) in [4.78, 5) is 17.4. The molecule has 0 bridgehead atoms. The summed E-state index contributed by atoms with van der Waals surface area (Å²) in [6.45, 7) is 0.861. The molecule has 9 heteroatoms. The van der Waals surface area contributed by atoms with Gasteiger partial charge in [-0.05, 0) is 39.4 Å². The largest absolute Gasteiger partial charge is 0.431 e. The minimum atomic E-state index is -0.602. The number of carbonyl (C=O) groups excluding carboxylic acids is 1. The minimum absolute atomic E-state index is 0.0151. The Bertz CT molecular complexity index is 2300. The van der Waals surface area contributed by atoms with E-state index in [1.54, 1.807) is 0 Å². The maximum Gasteiger partial charge on any atom is 0.315 e. The zero-order valence-electron chi connectivity index (χ0n) is 31.3. The van der Waals surface area contributed by atoms with Gasteiger partial charge in [0.25, 0.3) is 5.22 Å². The van der Waals surface area contributed by atoms with Crippen molar-refractivity contribution >= 4 is 17.8 Å². The summed E-state index contributed by atoms with van der Waals surface area (Å²) in [6, 6.07) is 54.1. The van der Waals surface area contributed by atoms with Crippen molar-refractivity contribution in [3.63, 3.8) is 0 Å². The number of amides is 2. The molecule has 8 nitrogen and oxygen atoms in total. The van der Waals surface area contributed by atoms with E-state index in [2.05, 4.69) is 47.0 Å². The highest BCUT2D eigenvalue weighted by Crippen LogP contribution is 2.41. The van der Waals surface area contributed by atoms with E-state index in [9.17, 15) is 9.90 Å². The predicted molar refractivity (Wildman–Crippen MR) is 224 cm³/mol. The average molecular weight is 774 g/mol. The van der Waals surface area contributed by atoms with E-state index < -0.39 is 6.29 Å². The van der Waals surface area contributed by atoms with Crippen molar-refractivity contribution in [2.75, 3.05) is 5.75 Å². The smallest absolute Gasteiger partial charge is 0.315 e.